The zero-order valence-corrected chi connectivity index (χ0v) is 11.5. The summed E-state index contributed by atoms with van der Waals surface area (Å²) in [5.41, 5.74) is 2.37. The van der Waals surface area contributed by atoms with Gasteiger partial charge in [-0.2, -0.15) is 5.10 Å². The van der Waals surface area contributed by atoms with Gasteiger partial charge in [0.25, 0.3) is 0 Å². The minimum Gasteiger partial charge on any atom is -0.379 e. The van der Waals surface area contributed by atoms with Gasteiger partial charge in [0.15, 0.2) is 0 Å². The molecule has 0 radical (unpaired) electrons. The van der Waals surface area contributed by atoms with Crippen molar-refractivity contribution in [2.45, 2.75) is 26.9 Å². The first-order chi connectivity index (χ1) is 8.79. The molecule has 102 valence electrons. The molecule has 0 aliphatic carbocycles. The van der Waals surface area contributed by atoms with Crippen LogP contribution in [0.3, 0.4) is 0 Å². The second-order valence-corrected chi connectivity index (χ2v) is 4.72. The minimum absolute atomic E-state index is 0.877. The van der Waals surface area contributed by atoms with Crippen molar-refractivity contribution in [1.82, 2.24) is 20.0 Å². The molecule has 1 aliphatic rings. The Bertz CT molecular complexity index is 358. The Balaban J connectivity index is 1.68. The van der Waals surface area contributed by atoms with Gasteiger partial charge in [-0.05, 0) is 19.9 Å². The van der Waals surface area contributed by atoms with Gasteiger partial charge < -0.3 is 10.1 Å². The van der Waals surface area contributed by atoms with Crippen LogP contribution < -0.4 is 5.32 Å². The first kappa shape index (κ1) is 13.5. The predicted molar refractivity (Wildman–Crippen MR) is 71.6 cm³/mol. The summed E-state index contributed by atoms with van der Waals surface area (Å²) < 4.78 is 7.40. The van der Waals surface area contributed by atoms with Crippen molar-refractivity contribution in [2.24, 2.45) is 0 Å². The highest BCUT2D eigenvalue weighted by molar-refractivity contribution is 5.08. The van der Waals surface area contributed by atoms with Crippen LogP contribution in [0.1, 0.15) is 18.3 Å². The number of rotatable bonds is 6. The standard InChI is InChI=1S/C13H24N4O/c1-3-17-13(10-12(2)15-17)11-14-4-5-16-6-8-18-9-7-16/h10,14H,3-9,11H2,1-2H3. The molecule has 0 atom stereocenters. The molecule has 1 saturated heterocycles. The summed E-state index contributed by atoms with van der Waals surface area (Å²) in [5.74, 6) is 0. The highest BCUT2D eigenvalue weighted by Gasteiger charge is 2.09. The van der Waals surface area contributed by atoms with Crippen LogP contribution >= 0.6 is 0 Å². The number of nitrogens with one attached hydrogen (secondary N) is 1. The van der Waals surface area contributed by atoms with Gasteiger partial charge in [0.05, 0.1) is 24.6 Å². The summed E-state index contributed by atoms with van der Waals surface area (Å²) in [6.07, 6.45) is 0. The third-order valence-corrected chi connectivity index (χ3v) is 3.30. The Hall–Kier alpha value is -0.910. The van der Waals surface area contributed by atoms with Gasteiger partial charge >= 0.3 is 0 Å². The van der Waals surface area contributed by atoms with Gasteiger partial charge in [-0.1, -0.05) is 0 Å². The van der Waals surface area contributed by atoms with E-state index >= 15 is 0 Å². The number of nitrogens with zero attached hydrogens (tertiary/aromatic N) is 3. The first-order valence-corrected chi connectivity index (χ1v) is 6.83. The zero-order valence-electron chi connectivity index (χ0n) is 11.5. The highest BCUT2D eigenvalue weighted by atomic mass is 16.5. The van der Waals surface area contributed by atoms with Crippen LogP contribution in [0.5, 0.6) is 0 Å². The van der Waals surface area contributed by atoms with E-state index < -0.39 is 0 Å². The van der Waals surface area contributed by atoms with Crippen LogP contribution in [0.15, 0.2) is 6.07 Å². The van der Waals surface area contributed by atoms with E-state index in [1.165, 1.54) is 5.69 Å². The highest BCUT2D eigenvalue weighted by Crippen LogP contribution is 2.03. The van der Waals surface area contributed by atoms with Crippen LogP contribution in [-0.2, 0) is 17.8 Å². The fraction of sp³-hybridized carbons (Fsp3) is 0.769. The van der Waals surface area contributed by atoms with Gasteiger partial charge in [0, 0.05) is 39.3 Å². The van der Waals surface area contributed by atoms with Crippen molar-refractivity contribution in [1.29, 1.82) is 0 Å². The molecule has 1 aliphatic heterocycles. The maximum absolute atomic E-state index is 5.33. The van der Waals surface area contributed by atoms with Gasteiger partial charge in [-0.25, -0.2) is 0 Å². The van der Waals surface area contributed by atoms with Crippen LogP contribution in [0.25, 0.3) is 0 Å². The van der Waals surface area contributed by atoms with Crippen molar-refractivity contribution < 1.29 is 4.74 Å². The molecule has 2 rings (SSSR count). The summed E-state index contributed by atoms with van der Waals surface area (Å²) in [7, 11) is 0. The third kappa shape index (κ3) is 3.80. The minimum atomic E-state index is 0.877. The molecule has 18 heavy (non-hydrogen) atoms. The lowest BCUT2D eigenvalue weighted by Gasteiger charge is -2.26. The fourth-order valence-corrected chi connectivity index (χ4v) is 2.29. The molecule has 1 fully saturated rings. The van der Waals surface area contributed by atoms with Gasteiger partial charge in [0.2, 0.25) is 0 Å². The molecule has 0 amide bonds. The van der Waals surface area contributed by atoms with Crippen LogP contribution in [0.2, 0.25) is 0 Å². The van der Waals surface area contributed by atoms with E-state index in [0.717, 1.165) is 58.2 Å². The topological polar surface area (TPSA) is 42.3 Å². The van der Waals surface area contributed by atoms with Crippen LogP contribution in [0, 0.1) is 6.92 Å². The summed E-state index contributed by atoms with van der Waals surface area (Å²) in [4.78, 5) is 2.44. The first-order valence-electron chi connectivity index (χ1n) is 6.83. The summed E-state index contributed by atoms with van der Waals surface area (Å²) >= 11 is 0. The number of hydrogen-bond donors (Lipinski definition) is 1. The van der Waals surface area contributed by atoms with E-state index in [9.17, 15) is 0 Å². The Kier molecular flexibility index (Phi) is 5.16. The molecule has 1 N–H and O–H groups in total. The van der Waals surface area contributed by atoms with E-state index in [2.05, 4.69) is 33.0 Å². The molecule has 0 spiro atoms. The molecule has 0 unspecified atom stereocenters. The van der Waals surface area contributed by atoms with Crippen molar-refractivity contribution >= 4 is 0 Å². The number of aryl methyl sites for hydroxylation is 2. The molecule has 2 heterocycles. The Morgan fingerprint density at radius 3 is 2.89 bits per heavy atom. The van der Waals surface area contributed by atoms with E-state index in [-0.39, 0.29) is 0 Å². The number of ether oxygens (including phenoxy) is 1. The van der Waals surface area contributed by atoms with Gasteiger partial charge in [0.1, 0.15) is 0 Å². The third-order valence-electron chi connectivity index (χ3n) is 3.30. The molecular formula is C13H24N4O. The number of morpholine rings is 1. The molecule has 0 aromatic carbocycles. The molecular weight excluding hydrogens is 228 g/mol. The van der Waals surface area contributed by atoms with E-state index in [4.69, 9.17) is 4.74 Å². The average Bonchev–Trinajstić information content (AvgIpc) is 2.76. The Labute approximate surface area is 109 Å². The maximum atomic E-state index is 5.33. The number of hydrogen-bond acceptors (Lipinski definition) is 4. The van der Waals surface area contributed by atoms with Crippen LogP contribution in [0.4, 0.5) is 0 Å². The lowest BCUT2D eigenvalue weighted by molar-refractivity contribution is 0.0384. The van der Waals surface area contributed by atoms with Gasteiger partial charge in [-0.15, -0.1) is 0 Å². The quantitative estimate of drug-likeness (QED) is 0.754. The zero-order chi connectivity index (χ0) is 12.8. The summed E-state index contributed by atoms with van der Waals surface area (Å²) in [6, 6.07) is 2.16. The molecule has 0 bridgehead atoms. The van der Waals surface area contributed by atoms with Crippen molar-refractivity contribution in [3.8, 4) is 0 Å². The van der Waals surface area contributed by atoms with Crippen molar-refractivity contribution in [3.63, 3.8) is 0 Å². The maximum Gasteiger partial charge on any atom is 0.0597 e. The Morgan fingerprint density at radius 1 is 1.39 bits per heavy atom. The lowest BCUT2D eigenvalue weighted by Crippen LogP contribution is -2.40. The van der Waals surface area contributed by atoms with E-state index in [0.29, 0.717) is 0 Å². The molecule has 1 aromatic heterocycles. The SMILES string of the molecule is CCn1nc(C)cc1CNCCN1CCOCC1. The van der Waals surface area contributed by atoms with Crippen LogP contribution in [-0.4, -0.2) is 54.1 Å². The summed E-state index contributed by atoms with van der Waals surface area (Å²) in [5, 5.41) is 7.94. The number of aromatic nitrogens is 2. The molecule has 5 nitrogen and oxygen atoms in total. The molecule has 0 saturated carbocycles. The monoisotopic (exact) mass is 252 g/mol. The predicted octanol–water partition coefficient (Wildman–Crippen LogP) is 0.633. The lowest BCUT2D eigenvalue weighted by atomic mass is 10.3. The normalized spacial score (nSPS) is 17.2. The van der Waals surface area contributed by atoms with E-state index in [1.54, 1.807) is 0 Å². The smallest absolute Gasteiger partial charge is 0.0597 e. The molecule has 1 aromatic rings. The van der Waals surface area contributed by atoms with Crippen molar-refractivity contribution in [2.75, 3.05) is 39.4 Å². The second-order valence-electron chi connectivity index (χ2n) is 4.72. The largest absolute Gasteiger partial charge is 0.379 e. The summed E-state index contributed by atoms with van der Waals surface area (Å²) in [6.45, 7) is 12.0. The van der Waals surface area contributed by atoms with Crippen molar-refractivity contribution in [3.05, 3.63) is 17.5 Å². The fourth-order valence-electron chi connectivity index (χ4n) is 2.29. The Morgan fingerprint density at radius 2 is 2.17 bits per heavy atom. The molecule has 5 heteroatoms. The van der Waals surface area contributed by atoms with Gasteiger partial charge in [-0.3, -0.25) is 9.58 Å². The van der Waals surface area contributed by atoms with E-state index in [1.807, 2.05) is 6.92 Å². The second kappa shape index (κ2) is 6.87. The average molecular weight is 252 g/mol.